The Balaban J connectivity index is 3.98. The van der Waals surface area contributed by atoms with E-state index in [1.54, 1.807) is 0 Å². The van der Waals surface area contributed by atoms with Crippen molar-refractivity contribution in [2.45, 2.75) is 27.2 Å². The van der Waals surface area contributed by atoms with Crippen LogP contribution in [0.1, 0.15) is 27.2 Å². The maximum Gasteiger partial charge on any atom is 0.0273 e. The molecule has 13 heavy (non-hydrogen) atoms. The van der Waals surface area contributed by atoms with Crippen LogP contribution in [0.5, 0.6) is 0 Å². The van der Waals surface area contributed by atoms with E-state index in [4.69, 9.17) is 0 Å². The summed E-state index contributed by atoms with van der Waals surface area (Å²) < 4.78 is 0. The minimum absolute atomic E-state index is 0.827. The molecule has 0 rings (SSSR count). The first-order valence-electron chi connectivity index (χ1n) is 4.45. The summed E-state index contributed by atoms with van der Waals surface area (Å²) in [4.78, 5) is 0. The van der Waals surface area contributed by atoms with Gasteiger partial charge in [0.25, 0.3) is 0 Å². The van der Waals surface area contributed by atoms with Crippen LogP contribution in [0, 0.1) is 11.8 Å². The average Bonchev–Trinajstić information content (AvgIpc) is 2.11. The lowest BCUT2D eigenvalue weighted by Gasteiger charge is -1.79. The van der Waals surface area contributed by atoms with Crippen LogP contribution in [0.2, 0.25) is 0 Å². The third-order valence-corrected chi connectivity index (χ3v) is 1.35. The van der Waals surface area contributed by atoms with Gasteiger partial charge in [-0.25, -0.2) is 0 Å². The first-order valence-corrected chi connectivity index (χ1v) is 4.45. The van der Waals surface area contributed by atoms with E-state index in [1.165, 1.54) is 0 Å². The predicted octanol–water partition coefficient (Wildman–Crippen LogP) is 3.63. The highest BCUT2D eigenvalue weighted by Crippen LogP contribution is 1.90. The summed E-state index contributed by atoms with van der Waals surface area (Å²) in [7, 11) is 0. The molecule has 68 valence electrons. The lowest BCUT2D eigenvalue weighted by atomic mass is 10.3. The molecule has 0 spiro atoms. The van der Waals surface area contributed by atoms with Crippen LogP contribution in [0.15, 0.2) is 41.7 Å². The van der Waals surface area contributed by atoms with E-state index < -0.39 is 0 Å². The molecule has 0 aromatic rings. The highest BCUT2D eigenvalue weighted by molar-refractivity contribution is 5.25. The van der Waals surface area contributed by atoms with Crippen LogP contribution in [0.3, 0.4) is 0 Å². The van der Waals surface area contributed by atoms with E-state index in [2.05, 4.69) is 17.6 Å². The minimum atomic E-state index is 0.827. The minimum Gasteiger partial charge on any atom is -0.122 e. The van der Waals surface area contributed by atoms with Crippen molar-refractivity contribution < 1.29 is 0 Å². The van der Waals surface area contributed by atoms with Crippen molar-refractivity contribution in [3.8, 4) is 11.8 Å². The predicted molar refractivity (Wildman–Crippen MR) is 59.3 cm³/mol. The van der Waals surface area contributed by atoms with Crippen molar-refractivity contribution in [1.82, 2.24) is 0 Å². The van der Waals surface area contributed by atoms with E-state index in [9.17, 15) is 0 Å². The van der Waals surface area contributed by atoms with E-state index in [-0.39, 0.29) is 0 Å². The molecule has 0 aromatic carbocycles. The number of allylic oxidation sites excluding steroid dienone is 5. The van der Waals surface area contributed by atoms with Gasteiger partial charge in [0, 0.05) is 6.42 Å². The molecular weight excluding hydrogens is 156 g/mol. The van der Waals surface area contributed by atoms with Crippen molar-refractivity contribution in [3.63, 3.8) is 0 Å². The summed E-state index contributed by atoms with van der Waals surface area (Å²) in [5.74, 6) is 5.96. The van der Waals surface area contributed by atoms with Crippen molar-refractivity contribution >= 4 is 0 Å². The zero-order valence-corrected chi connectivity index (χ0v) is 8.59. The van der Waals surface area contributed by atoms with Gasteiger partial charge >= 0.3 is 0 Å². The second kappa shape index (κ2) is 8.65. The van der Waals surface area contributed by atoms with Gasteiger partial charge in [0.1, 0.15) is 0 Å². The van der Waals surface area contributed by atoms with Crippen molar-refractivity contribution in [1.29, 1.82) is 0 Å². The van der Waals surface area contributed by atoms with E-state index >= 15 is 0 Å². The zero-order chi connectivity index (χ0) is 9.94. The lowest BCUT2D eigenvalue weighted by molar-refractivity contribution is 1.44. The van der Waals surface area contributed by atoms with E-state index in [0.29, 0.717) is 0 Å². The Morgan fingerprint density at radius 2 is 2.08 bits per heavy atom. The van der Waals surface area contributed by atoms with Gasteiger partial charge in [-0.3, -0.25) is 0 Å². The maximum absolute atomic E-state index is 3.07. The molecule has 0 unspecified atom stereocenters. The number of rotatable bonds is 2. The Morgan fingerprint density at radius 3 is 2.69 bits per heavy atom. The Hall–Kier alpha value is -1.44. The molecule has 0 aromatic heterocycles. The highest BCUT2D eigenvalue weighted by atomic mass is 13.8. The normalized spacial score (nSPS) is 9.46. The second-order valence-corrected chi connectivity index (χ2v) is 2.54. The fourth-order valence-electron chi connectivity index (χ4n) is 0.737. The molecule has 0 atom stereocenters. The molecule has 0 aliphatic rings. The summed E-state index contributed by atoms with van der Waals surface area (Å²) in [6.45, 7) is 5.95. The summed E-state index contributed by atoms with van der Waals surface area (Å²) in [5.41, 5.74) is 4.17. The van der Waals surface area contributed by atoms with Crippen LogP contribution in [-0.2, 0) is 0 Å². The molecule has 0 heterocycles. The maximum atomic E-state index is 3.07. The van der Waals surface area contributed by atoms with Crippen LogP contribution in [-0.4, -0.2) is 0 Å². The van der Waals surface area contributed by atoms with Crippen molar-refractivity contribution in [2.75, 3.05) is 0 Å². The fraction of sp³-hybridized carbons (Fsp3) is 0.308. The Bertz CT molecular complexity index is 297. The molecule has 0 nitrogen and oxygen atoms in total. The van der Waals surface area contributed by atoms with Gasteiger partial charge in [-0.05, 0) is 44.6 Å². The molecule has 0 aliphatic heterocycles. The summed E-state index contributed by atoms with van der Waals surface area (Å²) in [6.07, 6.45) is 10.6. The molecule has 0 aliphatic carbocycles. The summed E-state index contributed by atoms with van der Waals surface area (Å²) in [6, 6.07) is 0. The SMILES string of the molecule is CC=C=C(C)C=CC#CCC=CC. The van der Waals surface area contributed by atoms with Crippen LogP contribution >= 0.6 is 0 Å². The number of hydrogen-bond acceptors (Lipinski definition) is 0. The molecule has 0 saturated heterocycles. The van der Waals surface area contributed by atoms with Crippen molar-refractivity contribution in [2.24, 2.45) is 0 Å². The second-order valence-electron chi connectivity index (χ2n) is 2.54. The molecule has 0 heteroatoms. The van der Waals surface area contributed by atoms with Gasteiger partial charge in [-0.15, -0.1) is 5.73 Å². The fourth-order valence-corrected chi connectivity index (χ4v) is 0.737. The largest absolute Gasteiger partial charge is 0.122 e. The van der Waals surface area contributed by atoms with Gasteiger partial charge in [0.2, 0.25) is 0 Å². The standard InChI is InChI=1S/C13H16/c1-4-6-7-8-9-10-12-13(3)11-5-2/h4-6,10,12H,7H2,1-3H3. The quantitative estimate of drug-likeness (QED) is 0.258. The topological polar surface area (TPSA) is 0 Å². The summed E-state index contributed by atoms with van der Waals surface area (Å²) in [5, 5.41) is 0. The van der Waals surface area contributed by atoms with Crippen LogP contribution < -0.4 is 0 Å². The number of hydrogen-bond donors (Lipinski definition) is 0. The van der Waals surface area contributed by atoms with Crippen molar-refractivity contribution in [3.05, 3.63) is 41.7 Å². The first-order chi connectivity index (χ1) is 6.31. The highest BCUT2D eigenvalue weighted by Gasteiger charge is 1.72. The molecule has 0 saturated carbocycles. The summed E-state index contributed by atoms with van der Waals surface area (Å²) >= 11 is 0. The van der Waals surface area contributed by atoms with Gasteiger partial charge in [-0.1, -0.05) is 24.0 Å². The van der Waals surface area contributed by atoms with Crippen LogP contribution in [0.4, 0.5) is 0 Å². The van der Waals surface area contributed by atoms with E-state index in [1.807, 2.05) is 51.2 Å². The third-order valence-electron chi connectivity index (χ3n) is 1.35. The molecule has 0 N–H and O–H groups in total. The van der Waals surface area contributed by atoms with Gasteiger partial charge < -0.3 is 0 Å². The average molecular weight is 172 g/mol. The Morgan fingerprint density at radius 1 is 1.31 bits per heavy atom. The Kier molecular flexibility index (Phi) is 7.70. The zero-order valence-electron chi connectivity index (χ0n) is 8.59. The van der Waals surface area contributed by atoms with Gasteiger partial charge in [-0.2, -0.15) is 0 Å². The molecule has 0 fully saturated rings. The van der Waals surface area contributed by atoms with E-state index in [0.717, 1.165) is 12.0 Å². The molecular formula is C13H16. The molecule has 0 amide bonds. The third kappa shape index (κ3) is 8.47. The Labute approximate surface area is 81.4 Å². The van der Waals surface area contributed by atoms with Crippen LogP contribution in [0.25, 0.3) is 0 Å². The molecule has 0 bridgehead atoms. The van der Waals surface area contributed by atoms with Gasteiger partial charge in [0.05, 0.1) is 0 Å². The monoisotopic (exact) mass is 172 g/mol. The first kappa shape index (κ1) is 11.6. The lowest BCUT2D eigenvalue weighted by Crippen LogP contribution is -1.62. The van der Waals surface area contributed by atoms with Gasteiger partial charge in [0.15, 0.2) is 0 Å². The smallest absolute Gasteiger partial charge is 0.0273 e. The molecule has 0 radical (unpaired) electrons.